The molecular formula is C13H12F2O4. The highest BCUT2D eigenvalue weighted by Crippen LogP contribution is 2.49. The van der Waals surface area contributed by atoms with Crippen molar-refractivity contribution in [1.82, 2.24) is 0 Å². The molecule has 1 aromatic carbocycles. The Bertz CT molecular complexity index is 492. The molecule has 0 amide bonds. The first-order valence-electron chi connectivity index (χ1n) is 5.74. The molecule has 0 heterocycles. The zero-order chi connectivity index (χ0) is 14.0. The van der Waals surface area contributed by atoms with Gasteiger partial charge in [0.1, 0.15) is 5.75 Å². The Morgan fingerprint density at radius 3 is 2.26 bits per heavy atom. The van der Waals surface area contributed by atoms with Gasteiger partial charge in [-0.1, -0.05) is 0 Å². The molecule has 1 fully saturated rings. The summed E-state index contributed by atoms with van der Waals surface area (Å²) in [5.41, 5.74) is -0.621. The lowest BCUT2D eigenvalue weighted by Gasteiger charge is -2.09. The number of aliphatic carboxylic acids is 1. The van der Waals surface area contributed by atoms with Crippen LogP contribution in [0, 0.1) is 5.41 Å². The molecule has 0 saturated heterocycles. The smallest absolute Gasteiger partial charge is 0.387 e. The number of carboxylic acid groups (broad SMARTS) is 1. The van der Waals surface area contributed by atoms with Crippen LogP contribution >= 0.6 is 0 Å². The number of Topliss-reactive ketones (excluding diaryl/α,β-unsaturated/α-hetero) is 1. The highest BCUT2D eigenvalue weighted by molar-refractivity contribution is 5.99. The van der Waals surface area contributed by atoms with Crippen LogP contribution in [0.1, 0.15) is 29.6 Å². The van der Waals surface area contributed by atoms with Crippen LogP contribution in [0.25, 0.3) is 0 Å². The number of ether oxygens (including phenoxy) is 1. The molecule has 2 rings (SSSR count). The van der Waals surface area contributed by atoms with E-state index in [4.69, 9.17) is 5.11 Å². The molecule has 0 radical (unpaired) electrons. The quantitative estimate of drug-likeness (QED) is 0.807. The summed E-state index contributed by atoms with van der Waals surface area (Å²) in [5, 5.41) is 8.99. The van der Waals surface area contributed by atoms with E-state index in [0.29, 0.717) is 18.4 Å². The third-order valence-corrected chi connectivity index (χ3v) is 3.21. The maximum Gasteiger partial charge on any atom is 0.387 e. The van der Waals surface area contributed by atoms with Crippen LogP contribution in [0.5, 0.6) is 5.75 Å². The first-order valence-corrected chi connectivity index (χ1v) is 5.74. The third kappa shape index (κ3) is 3.07. The molecule has 1 saturated carbocycles. The molecule has 1 aliphatic rings. The Balaban J connectivity index is 2.02. The second-order valence-electron chi connectivity index (χ2n) is 4.59. The lowest BCUT2D eigenvalue weighted by molar-refractivity contribution is -0.143. The lowest BCUT2D eigenvalue weighted by atomic mass is 9.96. The summed E-state index contributed by atoms with van der Waals surface area (Å²) < 4.78 is 28.1. The molecule has 19 heavy (non-hydrogen) atoms. The Hall–Kier alpha value is -1.98. The van der Waals surface area contributed by atoms with E-state index in [1.807, 2.05) is 0 Å². The van der Waals surface area contributed by atoms with E-state index in [-0.39, 0.29) is 18.0 Å². The minimum atomic E-state index is -2.91. The highest BCUT2D eigenvalue weighted by atomic mass is 19.3. The van der Waals surface area contributed by atoms with Crippen LogP contribution in [0.4, 0.5) is 8.78 Å². The standard InChI is InChI=1S/C13H12F2O4/c14-12(15)19-9-3-1-8(2-4-9)10(16)7-13(5-6-13)11(17)18/h1-4,12H,5-7H2,(H,17,18). The fraction of sp³-hybridized carbons (Fsp3) is 0.385. The van der Waals surface area contributed by atoms with Crippen molar-refractivity contribution in [2.75, 3.05) is 0 Å². The fourth-order valence-corrected chi connectivity index (χ4v) is 1.85. The normalized spacial score (nSPS) is 16.2. The maximum atomic E-state index is 11.9. The van der Waals surface area contributed by atoms with Gasteiger partial charge >= 0.3 is 12.6 Å². The molecule has 0 aliphatic heterocycles. The van der Waals surface area contributed by atoms with E-state index in [2.05, 4.69) is 4.74 Å². The topological polar surface area (TPSA) is 63.6 Å². The number of benzene rings is 1. The van der Waals surface area contributed by atoms with E-state index in [1.165, 1.54) is 24.3 Å². The van der Waals surface area contributed by atoms with Gasteiger partial charge in [0.15, 0.2) is 5.78 Å². The summed E-state index contributed by atoms with van der Waals surface area (Å²) in [6.07, 6.45) is 0.943. The Morgan fingerprint density at radius 2 is 1.84 bits per heavy atom. The molecule has 0 unspecified atom stereocenters. The second-order valence-corrected chi connectivity index (χ2v) is 4.59. The van der Waals surface area contributed by atoms with Gasteiger partial charge in [0.25, 0.3) is 0 Å². The number of halogens is 2. The molecule has 0 spiro atoms. The molecule has 0 aromatic heterocycles. The maximum absolute atomic E-state index is 11.9. The highest BCUT2D eigenvalue weighted by Gasteiger charge is 2.51. The van der Waals surface area contributed by atoms with Gasteiger partial charge < -0.3 is 9.84 Å². The van der Waals surface area contributed by atoms with Crippen molar-refractivity contribution in [2.45, 2.75) is 25.9 Å². The zero-order valence-electron chi connectivity index (χ0n) is 9.94. The molecule has 6 heteroatoms. The average Bonchev–Trinajstić information content (AvgIpc) is 3.10. The average molecular weight is 270 g/mol. The first kappa shape index (κ1) is 13.5. The second kappa shape index (κ2) is 4.95. The number of carbonyl (C=O) groups excluding carboxylic acids is 1. The molecule has 1 aliphatic carbocycles. The molecule has 1 aromatic rings. The summed E-state index contributed by atoms with van der Waals surface area (Å²) in [7, 11) is 0. The molecule has 0 bridgehead atoms. The Morgan fingerprint density at radius 1 is 1.26 bits per heavy atom. The lowest BCUT2D eigenvalue weighted by Crippen LogP contribution is -2.19. The van der Waals surface area contributed by atoms with Gasteiger partial charge in [0, 0.05) is 12.0 Å². The fourth-order valence-electron chi connectivity index (χ4n) is 1.85. The minimum Gasteiger partial charge on any atom is -0.481 e. The molecule has 1 N–H and O–H groups in total. The Labute approximate surface area is 108 Å². The number of ketones is 1. The number of alkyl halides is 2. The SMILES string of the molecule is O=C(CC1(C(=O)O)CC1)c1ccc(OC(F)F)cc1. The summed E-state index contributed by atoms with van der Waals surface area (Å²) >= 11 is 0. The summed E-state index contributed by atoms with van der Waals surface area (Å²) in [6, 6.07) is 5.25. The van der Waals surface area contributed by atoms with Crippen molar-refractivity contribution in [3.63, 3.8) is 0 Å². The van der Waals surface area contributed by atoms with Crippen LogP contribution in [-0.2, 0) is 4.79 Å². The van der Waals surface area contributed by atoms with Crippen LogP contribution in [-0.4, -0.2) is 23.5 Å². The van der Waals surface area contributed by atoms with Crippen molar-refractivity contribution in [2.24, 2.45) is 5.41 Å². The van der Waals surface area contributed by atoms with Crippen molar-refractivity contribution >= 4 is 11.8 Å². The molecule has 0 atom stereocenters. The van der Waals surface area contributed by atoms with E-state index in [0.717, 1.165) is 0 Å². The van der Waals surface area contributed by atoms with Crippen molar-refractivity contribution < 1.29 is 28.2 Å². The van der Waals surface area contributed by atoms with E-state index >= 15 is 0 Å². The van der Waals surface area contributed by atoms with Gasteiger partial charge in [0.2, 0.25) is 0 Å². The summed E-state index contributed by atoms with van der Waals surface area (Å²) in [6.45, 7) is -2.91. The van der Waals surface area contributed by atoms with Crippen molar-refractivity contribution in [3.05, 3.63) is 29.8 Å². The van der Waals surface area contributed by atoms with Crippen LogP contribution in [0.3, 0.4) is 0 Å². The van der Waals surface area contributed by atoms with E-state index < -0.39 is 18.0 Å². The number of hydrogen-bond donors (Lipinski definition) is 1. The predicted octanol–water partition coefficient (Wildman–Crippen LogP) is 2.73. The van der Waals surface area contributed by atoms with Crippen molar-refractivity contribution in [3.8, 4) is 5.75 Å². The molecule has 4 nitrogen and oxygen atoms in total. The number of hydrogen-bond acceptors (Lipinski definition) is 3. The van der Waals surface area contributed by atoms with Gasteiger partial charge in [-0.15, -0.1) is 0 Å². The van der Waals surface area contributed by atoms with Crippen molar-refractivity contribution in [1.29, 1.82) is 0 Å². The van der Waals surface area contributed by atoms with Gasteiger partial charge in [-0.2, -0.15) is 8.78 Å². The van der Waals surface area contributed by atoms with Crippen LogP contribution < -0.4 is 4.74 Å². The summed E-state index contributed by atoms with van der Waals surface area (Å²) in [5.74, 6) is -1.30. The zero-order valence-corrected chi connectivity index (χ0v) is 9.94. The van der Waals surface area contributed by atoms with E-state index in [9.17, 15) is 18.4 Å². The van der Waals surface area contributed by atoms with Crippen LogP contribution in [0.2, 0.25) is 0 Å². The van der Waals surface area contributed by atoms with Gasteiger partial charge in [-0.25, -0.2) is 0 Å². The number of carbonyl (C=O) groups is 2. The third-order valence-electron chi connectivity index (χ3n) is 3.21. The molecule has 102 valence electrons. The monoisotopic (exact) mass is 270 g/mol. The van der Waals surface area contributed by atoms with Crippen LogP contribution in [0.15, 0.2) is 24.3 Å². The van der Waals surface area contributed by atoms with Gasteiger partial charge in [-0.3, -0.25) is 9.59 Å². The predicted molar refractivity (Wildman–Crippen MR) is 61.3 cm³/mol. The largest absolute Gasteiger partial charge is 0.481 e. The minimum absolute atomic E-state index is 0.0362. The van der Waals surface area contributed by atoms with E-state index in [1.54, 1.807) is 0 Å². The Kier molecular flexibility index (Phi) is 3.50. The molecular weight excluding hydrogens is 258 g/mol. The number of carboxylic acids is 1. The number of rotatable bonds is 6. The van der Waals surface area contributed by atoms with Gasteiger partial charge in [-0.05, 0) is 37.1 Å². The first-order chi connectivity index (χ1) is 8.93. The summed E-state index contributed by atoms with van der Waals surface area (Å²) in [4.78, 5) is 22.9. The van der Waals surface area contributed by atoms with Gasteiger partial charge in [0.05, 0.1) is 5.41 Å².